The van der Waals surface area contributed by atoms with Crippen molar-refractivity contribution in [2.75, 3.05) is 47.5 Å². The molecule has 9 heteroatoms. The molecule has 0 saturated heterocycles. The number of ether oxygens (including phenoxy) is 4. The van der Waals surface area contributed by atoms with Gasteiger partial charge in [-0.15, -0.1) is 0 Å². The molecule has 9 nitrogen and oxygen atoms in total. The molecule has 1 N–H and O–H groups in total. The van der Waals surface area contributed by atoms with Crippen LogP contribution in [0.3, 0.4) is 0 Å². The molecule has 2 atom stereocenters. The molecule has 0 saturated carbocycles. The lowest BCUT2D eigenvalue weighted by atomic mass is 10.0. The lowest BCUT2D eigenvalue weighted by molar-refractivity contribution is -0.870. The molecule has 0 rings (SSSR count). The number of hydrogen-bond donors (Lipinski definition) is 1. The van der Waals surface area contributed by atoms with Crippen LogP contribution < -0.4 is 0 Å². The van der Waals surface area contributed by atoms with E-state index < -0.39 is 24.3 Å². The van der Waals surface area contributed by atoms with Crippen LogP contribution in [0, 0.1) is 0 Å². The minimum absolute atomic E-state index is 0.177. The molecule has 0 aliphatic rings. The number of quaternary nitrogens is 1. The highest BCUT2D eigenvalue weighted by Gasteiger charge is 2.25. The Morgan fingerprint density at radius 3 is 0.777 bits per heavy atom. The lowest BCUT2D eigenvalue weighted by Gasteiger charge is -2.25. The smallest absolute Gasteiger partial charge is 0.361 e. The number of rotatable bonds is 76. The fourth-order valence-corrected chi connectivity index (χ4v) is 11.4. The Hall–Kier alpha value is -5.61. The Labute approximate surface area is 634 Å². The summed E-state index contributed by atoms with van der Waals surface area (Å²) >= 11 is 0. The highest BCUT2D eigenvalue weighted by molar-refractivity contribution is 5.71. The molecule has 0 aromatic carbocycles. The van der Waals surface area contributed by atoms with E-state index in [1.54, 1.807) is 0 Å². The number of carbonyl (C=O) groups excluding carboxylic acids is 2. The number of allylic oxidation sites excluding steroid dienone is 30. The largest absolute Gasteiger partial charge is 0.477 e. The van der Waals surface area contributed by atoms with E-state index in [-0.39, 0.29) is 32.2 Å². The molecule has 0 radical (unpaired) electrons. The third kappa shape index (κ3) is 83.5. The second-order valence-electron chi connectivity index (χ2n) is 28.7. The van der Waals surface area contributed by atoms with Gasteiger partial charge < -0.3 is 28.5 Å². The number of hydrogen-bond acceptors (Lipinski definition) is 7. The fourth-order valence-electron chi connectivity index (χ4n) is 11.4. The molecule has 2 unspecified atom stereocenters. The third-order valence-corrected chi connectivity index (χ3v) is 17.7. The predicted molar refractivity (Wildman–Crippen MR) is 446 cm³/mol. The van der Waals surface area contributed by atoms with E-state index in [1.165, 1.54) is 154 Å². The van der Waals surface area contributed by atoms with Crippen LogP contribution in [0.25, 0.3) is 0 Å². The molecule has 0 bridgehead atoms. The Morgan fingerprint density at radius 2 is 0.524 bits per heavy atom. The summed E-state index contributed by atoms with van der Waals surface area (Å²) < 4.78 is 23.0. The van der Waals surface area contributed by atoms with Gasteiger partial charge in [-0.2, -0.15) is 0 Å². The number of aliphatic carboxylic acids is 1. The van der Waals surface area contributed by atoms with Gasteiger partial charge in [-0.1, -0.05) is 369 Å². The van der Waals surface area contributed by atoms with Gasteiger partial charge in [0.1, 0.15) is 13.2 Å². The number of likely N-dealkylation sites (N-methyl/N-ethyl adjacent to an activating group) is 1. The van der Waals surface area contributed by atoms with Crippen LogP contribution in [0.5, 0.6) is 0 Å². The van der Waals surface area contributed by atoms with Gasteiger partial charge in [-0.25, -0.2) is 4.79 Å². The average Bonchev–Trinajstić information content (AvgIpc) is 0.985. The minimum atomic E-state index is -1.53. The summed E-state index contributed by atoms with van der Waals surface area (Å²) in [5.74, 6) is -2.03. The monoisotopic (exact) mass is 1430 g/mol. The van der Waals surface area contributed by atoms with Crippen molar-refractivity contribution < 1.29 is 42.9 Å². The Morgan fingerprint density at radius 1 is 0.291 bits per heavy atom. The maximum atomic E-state index is 13.0. The summed E-state index contributed by atoms with van der Waals surface area (Å²) in [5, 5.41) is 9.78. The topological polar surface area (TPSA) is 108 Å². The van der Waals surface area contributed by atoms with Crippen molar-refractivity contribution in [1.29, 1.82) is 0 Å². The van der Waals surface area contributed by atoms with Gasteiger partial charge >= 0.3 is 17.9 Å². The average molecular weight is 1430 g/mol. The molecule has 0 aromatic heterocycles. The predicted octanol–water partition coefficient (Wildman–Crippen LogP) is 27.5. The zero-order chi connectivity index (χ0) is 74.6. The van der Waals surface area contributed by atoms with Crippen LogP contribution >= 0.6 is 0 Å². The quantitative estimate of drug-likeness (QED) is 0.0211. The third-order valence-electron chi connectivity index (χ3n) is 17.7. The fraction of sp³-hybridized carbons (Fsp3) is 0.649. The van der Waals surface area contributed by atoms with Gasteiger partial charge in [0.05, 0.1) is 34.4 Å². The first kappa shape index (κ1) is 97.4. The molecule has 103 heavy (non-hydrogen) atoms. The second-order valence-corrected chi connectivity index (χ2v) is 28.7. The molecule has 584 valence electrons. The maximum absolute atomic E-state index is 13.0. The molecule has 0 aliphatic heterocycles. The Balaban J connectivity index is 4.08. The number of nitrogens with zero attached hydrogens (tertiary/aromatic N) is 1. The summed E-state index contributed by atoms with van der Waals surface area (Å²) in [6.45, 7) is 4.64. The SMILES string of the molecule is CC/C=C\C/C=C\C/C=C\C/C=C\C/C=C\C/C=C\C/C=C\C/C=C\C/C=C\C/C=C\C/C=C\CCCCCCCC(=O)OC(COC(=O)CCCCCCCCCCCCCCCCCCCCCCCCCCCC/C=C\C/C=C\C/C=C\C/C=C\CC)COC(OCC[N+](C)(C)C)C(=O)O. The summed E-state index contributed by atoms with van der Waals surface area (Å²) in [7, 11) is 5.97. The van der Waals surface area contributed by atoms with Crippen molar-refractivity contribution in [3.63, 3.8) is 0 Å². The molecule has 0 aliphatic carbocycles. The van der Waals surface area contributed by atoms with Gasteiger partial charge in [0.25, 0.3) is 6.29 Å². The van der Waals surface area contributed by atoms with Gasteiger partial charge in [-0.3, -0.25) is 9.59 Å². The Kier molecular flexibility index (Phi) is 77.6. The molecule has 0 amide bonds. The first-order chi connectivity index (χ1) is 50.6. The highest BCUT2D eigenvalue weighted by Crippen LogP contribution is 2.18. The van der Waals surface area contributed by atoms with Crippen molar-refractivity contribution in [2.24, 2.45) is 0 Å². The number of carboxylic acids is 1. The van der Waals surface area contributed by atoms with E-state index in [0.717, 1.165) is 148 Å². The van der Waals surface area contributed by atoms with Crippen LogP contribution in [0.15, 0.2) is 182 Å². The number of unbranched alkanes of at least 4 members (excludes halogenated alkanes) is 31. The van der Waals surface area contributed by atoms with E-state index in [1.807, 2.05) is 21.1 Å². The van der Waals surface area contributed by atoms with E-state index in [9.17, 15) is 19.5 Å². The second kappa shape index (κ2) is 82.1. The van der Waals surface area contributed by atoms with Gasteiger partial charge in [0.15, 0.2) is 6.10 Å². The lowest BCUT2D eigenvalue weighted by Crippen LogP contribution is -2.40. The summed E-state index contributed by atoms with van der Waals surface area (Å²) in [6.07, 6.45) is 122. The molecule has 0 spiro atoms. The highest BCUT2D eigenvalue weighted by atomic mass is 16.7. The van der Waals surface area contributed by atoms with Gasteiger partial charge in [-0.05, 0) is 135 Å². The van der Waals surface area contributed by atoms with Crippen LogP contribution in [0.4, 0.5) is 0 Å². The van der Waals surface area contributed by atoms with Crippen LogP contribution in [-0.4, -0.2) is 87.4 Å². The normalized spacial score (nSPS) is 13.6. The molecular weight excluding hydrogens is 1270 g/mol. The van der Waals surface area contributed by atoms with Gasteiger partial charge in [0.2, 0.25) is 0 Å². The first-order valence-corrected chi connectivity index (χ1v) is 41.9. The minimum Gasteiger partial charge on any atom is -0.477 e. The van der Waals surface area contributed by atoms with E-state index >= 15 is 0 Å². The van der Waals surface area contributed by atoms with Crippen LogP contribution in [0.2, 0.25) is 0 Å². The van der Waals surface area contributed by atoms with Crippen LogP contribution in [-0.2, 0) is 33.3 Å². The molecule has 0 heterocycles. The molecule has 0 aromatic rings. The van der Waals surface area contributed by atoms with E-state index in [4.69, 9.17) is 18.9 Å². The maximum Gasteiger partial charge on any atom is 0.361 e. The van der Waals surface area contributed by atoms with E-state index in [0.29, 0.717) is 23.9 Å². The standard InChI is InChI=1S/C94H155NO8/c1-6-8-10-12-14-16-18-20-22-24-26-28-30-32-34-36-38-40-42-44-46-48-50-52-54-56-58-60-62-64-66-68-70-72-74-76-78-80-82-84-91(96)101-88-90(89-102-94(93(98)99)100-87-86-95(3,4)5)103-92(97)85-83-81-79-77-75-73-71-69-67-65-63-61-59-57-55-53-51-49-47-45-43-41-39-37-35-33-31-29-27-25-23-21-19-17-15-13-11-9-7-2/h8-11,14-17,20-23,26-29,33,35,39,41,45,47,51,53,57,59,63,65,69,71,90,94H,6-7,12-13,18-19,24-25,30-32,34,36-38,40,42-44,46,48-50,52,54-56,58,60-62,64,66-68,70,72-89H2,1-5H3/p+1/b10-8-,11-9-,16-14-,17-15-,22-20-,23-21-,28-26-,29-27-,35-33-,41-39-,47-45-,53-51-,59-57-,65-63-,71-69-. The first-order valence-electron chi connectivity index (χ1n) is 41.9. The van der Waals surface area contributed by atoms with E-state index in [2.05, 4.69) is 196 Å². The van der Waals surface area contributed by atoms with Crippen molar-refractivity contribution in [3.8, 4) is 0 Å². The van der Waals surface area contributed by atoms with Crippen LogP contribution in [0.1, 0.15) is 335 Å². The zero-order valence-corrected chi connectivity index (χ0v) is 66.9. The number of carbonyl (C=O) groups is 3. The summed E-state index contributed by atoms with van der Waals surface area (Å²) in [6, 6.07) is 0. The molecular formula is C94H156NO8+. The summed E-state index contributed by atoms with van der Waals surface area (Å²) in [4.78, 5) is 37.8. The molecule has 0 fully saturated rings. The van der Waals surface area contributed by atoms with Crippen molar-refractivity contribution in [2.45, 2.75) is 347 Å². The number of esters is 2. The Bertz CT molecular complexity index is 2360. The van der Waals surface area contributed by atoms with Crippen molar-refractivity contribution >= 4 is 17.9 Å². The van der Waals surface area contributed by atoms with Gasteiger partial charge in [0, 0.05) is 12.8 Å². The number of carboxylic acid groups (broad SMARTS) is 1. The zero-order valence-electron chi connectivity index (χ0n) is 66.9. The van der Waals surface area contributed by atoms with Crippen molar-refractivity contribution in [3.05, 3.63) is 182 Å². The van der Waals surface area contributed by atoms with Crippen molar-refractivity contribution in [1.82, 2.24) is 0 Å². The summed E-state index contributed by atoms with van der Waals surface area (Å²) in [5.41, 5.74) is 0.